The molecule has 1 aromatic heterocycles. The van der Waals surface area contributed by atoms with Gasteiger partial charge in [0.2, 0.25) is 17.6 Å². The molecule has 1 saturated heterocycles. The third-order valence-corrected chi connectivity index (χ3v) is 8.12. The number of rotatable bonds is 7. The Morgan fingerprint density at radius 2 is 1.62 bits per heavy atom. The average Bonchev–Trinajstić information content (AvgIpc) is 3.66. The number of benzene rings is 2. The Balaban J connectivity index is 1.20. The molecule has 2 aliphatic rings. The van der Waals surface area contributed by atoms with E-state index in [4.69, 9.17) is 4.42 Å². The van der Waals surface area contributed by atoms with Gasteiger partial charge in [0.15, 0.2) is 5.69 Å². The first-order valence-electron chi connectivity index (χ1n) is 13.8. The van der Waals surface area contributed by atoms with Gasteiger partial charge in [0.05, 0.1) is 11.8 Å². The van der Waals surface area contributed by atoms with Crippen molar-refractivity contribution in [2.45, 2.75) is 44.3 Å². The highest BCUT2D eigenvalue weighted by Crippen LogP contribution is 2.36. The van der Waals surface area contributed by atoms with Crippen molar-refractivity contribution in [2.24, 2.45) is 11.8 Å². The van der Waals surface area contributed by atoms with Gasteiger partial charge in [0, 0.05) is 43.1 Å². The lowest BCUT2D eigenvalue weighted by Gasteiger charge is -2.39. The molecule has 5 rings (SSSR count). The molecule has 2 N–H and O–H groups in total. The largest absolute Gasteiger partial charge is 0.481 e. The predicted molar refractivity (Wildman–Crippen MR) is 148 cm³/mol. The number of aromatic nitrogens is 1. The van der Waals surface area contributed by atoms with Gasteiger partial charge in [-0.1, -0.05) is 24.6 Å². The Hall–Kier alpha value is -4.35. The van der Waals surface area contributed by atoms with Gasteiger partial charge in [0.1, 0.15) is 0 Å². The van der Waals surface area contributed by atoms with Crippen LogP contribution in [0.5, 0.6) is 0 Å². The first-order chi connectivity index (χ1) is 20.0. The number of piperidine rings is 1. The number of halogens is 3. The molecule has 3 aromatic rings. The van der Waals surface area contributed by atoms with Crippen LogP contribution in [0, 0.1) is 11.8 Å². The number of amides is 2. The molecule has 0 unspecified atom stereocenters. The number of carboxylic acid groups (broad SMARTS) is 1. The maximum absolute atomic E-state index is 13.6. The molecule has 9 nitrogen and oxygen atoms in total. The van der Waals surface area contributed by atoms with E-state index >= 15 is 0 Å². The molecule has 2 amide bonds. The quantitative estimate of drug-likeness (QED) is 0.375. The van der Waals surface area contributed by atoms with E-state index in [1.807, 2.05) is 0 Å². The third kappa shape index (κ3) is 6.12. The summed E-state index contributed by atoms with van der Waals surface area (Å²) in [5, 5.41) is 11.9. The van der Waals surface area contributed by atoms with Gasteiger partial charge in [-0.05, 0) is 62.1 Å². The minimum absolute atomic E-state index is 0.00780. The maximum atomic E-state index is 13.6. The number of alkyl halides is 3. The molecular formula is C30H31F3N4O5. The monoisotopic (exact) mass is 584 g/mol. The number of nitrogens with one attached hydrogen (secondary N) is 1. The summed E-state index contributed by atoms with van der Waals surface area (Å²) < 4.78 is 45.8. The van der Waals surface area contributed by atoms with E-state index in [1.54, 1.807) is 54.4 Å². The Morgan fingerprint density at radius 1 is 0.976 bits per heavy atom. The summed E-state index contributed by atoms with van der Waals surface area (Å²) in [4.78, 5) is 45.0. The summed E-state index contributed by atoms with van der Waals surface area (Å²) in [5.41, 5.74) is 0.629. The van der Waals surface area contributed by atoms with Crippen LogP contribution in [0.25, 0.3) is 11.5 Å². The molecule has 0 spiro atoms. The van der Waals surface area contributed by atoms with Gasteiger partial charge >= 0.3 is 12.1 Å². The number of aliphatic carboxylic acids is 1. The van der Waals surface area contributed by atoms with Crippen molar-refractivity contribution in [1.82, 2.24) is 9.88 Å². The highest BCUT2D eigenvalue weighted by Gasteiger charge is 2.42. The van der Waals surface area contributed by atoms with Crippen LogP contribution >= 0.6 is 0 Å². The fraction of sp³-hybridized carbons (Fsp3) is 0.400. The van der Waals surface area contributed by atoms with E-state index in [1.165, 1.54) is 12.1 Å². The lowest BCUT2D eigenvalue weighted by atomic mass is 9.93. The second-order valence-electron chi connectivity index (χ2n) is 10.7. The second kappa shape index (κ2) is 11.9. The van der Waals surface area contributed by atoms with Crippen molar-refractivity contribution in [3.63, 3.8) is 0 Å². The van der Waals surface area contributed by atoms with Gasteiger partial charge in [-0.3, -0.25) is 14.4 Å². The summed E-state index contributed by atoms with van der Waals surface area (Å²) in [6.45, 7) is 1.33. The Bertz CT molecular complexity index is 1430. The summed E-state index contributed by atoms with van der Waals surface area (Å²) in [6, 6.07) is 14.8. The molecule has 1 aliphatic heterocycles. The lowest BCUT2D eigenvalue weighted by Crippen LogP contribution is -2.48. The molecule has 0 radical (unpaired) electrons. The van der Waals surface area contributed by atoms with Crippen molar-refractivity contribution < 1.29 is 37.1 Å². The standard InChI is InChI=1S/C30H31F3N4O5/c1-36(28(39)22-8-5-9-23(22)29(40)41)20-14-16-37(17-15-20)21-12-10-19(11-13-21)34-26(38)24-25(30(31,32)33)42-27(35-24)18-6-3-2-4-7-18/h2-4,6-7,10-13,20,22-23H,5,8-9,14-17H2,1H3,(H,34,38)(H,40,41)/t22-,23-/m0/s1. The first kappa shape index (κ1) is 29.2. The molecular weight excluding hydrogens is 553 g/mol. The molecule has 1 aliphatic carbocycles. The first-order valence-corrected chi connectivity index (χ1v) is 13.8. The van der Waals surface area contributed by atoms with Crippen molar-refractivity contribution >= 4 is 29.2 Å². The number of nitrogens with zero attached hydrogens (tertiary/aromatic N) is 3. The highest BCUT2D eigenvalue weighted by molar-refractivity contribution is 6.04. The summed E-state index contributed by atoms with van der Waals surface area (Å²) in [7, 11) is 1.75. The van der Waals surface area contributed by atoms with E-state index in [2.05, 4.69) is 15.2 Å². The smallest absolute Gasteiger partial charge is 0.452 e. The van der Waals surface area contributed by atoms with Crippen molar-refractivity contribution in [3.8, 4) is 11.5 Å². The van der Waals surface area contributed by atoms with E-state index in [-0.39, 0.29) is 17.8 Å². The predicted octanol–water partition coefficient (Wildman–Crippen LogP) is 5.54. The van der Waals surface area contributed by atoms with Crippen molar-refractivity contribution in [2.75, 3.05) is 30.4 Å². The van der Waals surface area contributed by atoms with Crippen LogP contribution in [0.15, 0.2) is 59.0 Å². The molecule has 2 aromatic carbocycles. The normalized spacial score (nSPS) is 19.5. The summed E-state index contributed by atoms with van der Waals surface area (Å²) in [6.07, 6.45) is -1.61. The fourth-order valence-electron chi connectivity index (χ4n) is 5.82. The van der Waals surface area contributed by atoms with Gasteiger partial charge in [0.25, 0.3) is 5.91 Å². The SMILES string of the molecule is CN(C(=O)[C@H]1CCC[C@@H]1C(=O)O)C1CCN(c2ccc(NC(=O)c3nc(-c4ccccc4)oc3C(F)(F)F)cc2)CC1. The van der Waals surface area contributed by atoms with E-state index in [0.29, 0.717) is 50.0 Å². The van der Waals surface area contributed by atoms with Crippen LogP contribution in [0.1, 0.15) is 48.4 Å². The molecule has 2 heterocycles. The van der Waals surface area contributed by atoms with Gasteiger partial charge < -0.3 is 24.6 Å². The Labute approximate surface area is 240 Å². The van der Waals surface area contributed by atoms with Crippen LogP contribution in [0.3, 0.4) is 0 Å². The van der Waals surface area contributed by atoms with Gasteiger partial charge in [-0.25, -0.2) is 4.98 Å². The van der Waals surface area contributed by atoms with Crippen molar-refractivity contribution in [1.29, 1.82) is 0 Å². The number of anilines is 2. The van der Waals surface area contributed by atoms with E-state index in [0.717, 1.165) is 12.1 Å². The van der Waals surface area contributed by atoms with Gasteiger partial charge in [-0.2, -0.15) is 13.2 Å². The maximum Gasteiger partial charge on any atom is 0.452 e. The minimum Gasteiger partial charge on any atom is -0.481 e. The number of oxazole rings is 1. The van der Waals surface area contributed by atoms with Crippen LogP contribution < -0.4 is 10.2 Å². The van der Waals surface area contributed by atoms with Gasteiger partial charge in [-0.15, -0.1) is 0 Å². The topological polar surface area (TPSA) is 116 Å². The average molecular weight is 585 g/mol. The van der Waals surface area contributed by atoms with Crippen molar-refractivity contribution in [3.05, 3.63) is 66.1 Å². The number of carbonyl (C=O) groups excluding carboxylic acids is 2. The van der Waals surface area contributed by atoms with Crippen LogP contribution in [0.2, 0.25) is 0 Å². The molecule has 0 bridgehead atoms. The Morgan fingerprint density at radius 3 is 2.24 bits per heavy atom. The number of carbonyl (C=O) groups is 3. The molecule has 1 saturated carbocycles. The van der Waals surface area contributed by atoms with Crippen LogP contribution in [-0.4, -0.2) is 59.0 Å². The molecule has 2 fully saturated rings. The fourth-order valence-corrected chi connectivity index (χ4v) is 5.82. The highest BCUT2D eigenvalue weighted by atomic mass is 19.4. The minimum atomic E-state index is -4.91. The molecule has 222 valence electrons. The summed E-state index contributed by atoms with van der Waals surface area (Å²) in [5.74, 6) is -4.90. The summed E-state index contributed by atoms with van der Waals surface area (Å²) >= 11 is 0. The zero-order chi connectivity index (χ0) is 30.0. The van der Waals surface area contributed by atoms with E-state index in [9.17, 15) is 32.7 Å². The molecule has 2 atom stereocenters. The lowest BCUT2D eigenvalue weighted by molar-refractivity contribution is -0.153. The Kier molecular flexibility index (Phi) is 8.24. The zero-order valence-electron chi connectivity index (χ0n) is 22.9. The second-order valence-corrected chi connectivity index (χ2v) is 10.7. The zero-order valence-corrected chi connectivity index (χ0v) is 22.9. The van der Waals surface area contributed by atoms with E-state index < -0.39 is 41.3 Å². The molecule has 12 heteroatoms. The number of carboxylic acids is 1. The van der Waals surface area contributed by atoms with Crippen LogP contribution in [0.4, 0.5) is 24.5 Å². The molecule has 42 heavy (non-hydrogen) atoms. The van der Waals surface area contributed by atoms with Crippen LogP contribution in [-0.2, 0) is 15.8 Å². The number of hydrogen-bond acceptors (Lipinski definition) is 6. The third-order valence-electron chi connectivity index (χ3n) is 8.12. The number of hydrogen-bond donors (Lipinski definition) is 2.